The quantitative estimate of drug-likeness (QED) is 0.500. The van der Waals surface area contributed by atoms with Crippen molar-refractivity contribution in [3.8, 4) is 0 Å². The Morgan fingerprint density at radius 3 is 1.67 bits per heavy atom. The normalized spacial score (nSPS) is 20.4. The molecule has 0 bridgehead atoms. The number of carboxylic acids is 2. The van der Waals surface area contributed by atoms with E-state index >= 15 is 0 Å². The highest BCUT2D eigenvalue weighted by Crippen LogP contribution is 2.22. The zero-order chi connectivity index (χ0) is 21.6. The highest BCUT2D eigenvalue weighted by Gasteiger charge is 2.39. The van der Waals surface area contributed by atoms with Gasteiger partial charge in [-0.2, -0.15) is 0 Å². The van der Waals surface area contributed by atoms with Crippen molar-refractivity contribution >= 4 is 29.8 Å². The molecule has 0 aromatic carbocycles. The highest BCUT2D eigenvalue weighted by atomic mass is 16.6. The van der Waals surface area contributed by atoms with Crippen LogP contribution in [0, 0.1) is 0 Å². The second kappa shape index (κ2) is 14.5. The summed E-state index contributed by atoms with van der Waals surface area (Å²) in [6.07, 6.45) is -1.57. The Kier molecular flexibility index (Phi) is 14.2. The van der Waals surface area contributed by atoms with Crippen molar-refractivity contribution in [3.05, 3.63) is 0 Å². The molecule has 11 heteroatoms. The van der Waals surface area contributed by atoms with Gasteiger partial charge in [-0.05, 0) is 0 Å². The van der Waals surface area contributed by atoms with Gasteiger partial charge < -0.3 is 29.2 Å². The number of aliphatic carboxylic acids is 2. The lowest BCUT2D eigenvalue weighted by Gasteiger charge is -2.36. The lowest BCUT2D eigenvalue weighted by molar-refractivity contribution is -0.200. The van der Waals surface area contributed by atoms with Crippen LogP contribution in [0.3, 0.4) is 0 Å². The van der Waals surface area contributed by atoms with E-state index in [9.17, 15) is 14.4 Å². The van der Waals surface area contributed by atoms with Crippen LogP contribution in [-0.2, 0) is 42.9 Å². The van der Waals surface area contributed by atoms with Crippen molar-refractivity contribution in [3.63, 3.8) is 0 Å². The van der Waals surface area contributed by atoms with Crippen LogP contribution < -0.4 is 0 Å². The van der Waals surface area contributed by atoms with Gasteiger partial charge in [-0.15, -0.1) is 0 Å². The molecule has 27 heavy (non-hydrogen) atoms. The van der Waals surface area contributed by atoms with Gasteiger partial charge in [-0.25, -0.2) is 0 Å². The standard InChI is InChI=1S/C12H18O7.2C2H4O2/c1-7(13)17-6-11-12(19-9(3)15)10(4-5-16-11)18-8(2)14;2*1-2(3)4/h10-12H,4-6H2,1-3H3;2*1H3,(H,3,4)/t10-,11-,12-;;/m0../s1. The van der Waals surface area contributed by atoms with Crippen molar-refractivity contribution in [1.82, 2.24) is 0 Å². The summed E-state index contributed by atoms with van der Waals surface area (Å²) >= 11 is 0. The second-order valence-corrected chi connectivity index (χ2v) is 5.26. The van der Waals surface area contributed by atoms with Crippen LogP contribution in [0.25, 0.3) is 0 Å². The van der Waals surface area contributed by atoms with Crippen LogP contribution in [0.15, 0.2) is 0 Å². The second-order valence-electron chi connectivity index (χ2n) is 5.26. The molecular weight excluding hydrogens is 368 g/mol. The molecular formula is C16H26O11. The van der Waals surface area contributed by atoms with Crippen LogP contribution in [0.1, 0.15) is 41.0 Å². The minimum Gasteiger partial charge on any atom is -0.481 e. The molecule has 0 amide bonds. The molecule has 1 aliphatic heterocycles. The largest absolute Gasteiger partial charge is 0.481 e. The molecule has 1 heterocycles. The molecule has 0 radical (unpaired) electrons. The topological polar surface area (TPSA) is 163 Å². The maximum Gasteiger partial charge on any atom is 0.303 e. The average molecular weight is 394 g/mol. The van der Waals surface area contributed by atoms with Gasteiger partial charge >= 0.3 is 17.9 Å². The fourth-order valence-corrected chi connectivity index (χ4v) is 1.86. The molecule has 0 aromatic heterocycles. The molecule has 11 nitrogen and oxygen atoms in total. The fraction of sp³-hybridized carbons (Fsp3) is 0.688. The molecule has 1 saturated heterocycles. The van der Waals surface area contributed by atoms with Crippen molar-refractivity contribution in [2.45, 2.75) is 59.4 Å². The summed E-state index contributed by atoms with van der Waals surface area (Å²) in [6, 6.07) is 0. The third-order valence-electron chi connectivity index (χ3n) is 2.54. The summed E-state index contributed by atoms with van der Waals surface area (Å²) in [5.41, 5.74) is 0. The summed E-state index contributed by atoms with van der Waals surface area (Å²) in [7, 11) is 0. The number of carbonyl (C=O) groups is 5. The Hall–Kier alpha value is -2.69. The summed E-state index contributed by atoms with van der Waals surface area (Å²) < 4.78 is 20.5. The Morgan fingerprint density at radius 2 is 1.30 bits per heavy atom. The Labute approximate surface area is 156 Å². The minimum atomic E-state index is -0.833. The molecule has 0 aliphatic carbocycles. The number of carboxylic acid groups (broad SMARTS) is 2. The van der Waals surface area contributed by atoms with E-state index in [1.807, 2.05) is 0 Å². The molecule has 1 aliphatic rings. The lowest BCUT2D eigenvalue weighted by atomic mass is 10.0. The molecule has 1 rings (SSSR count). The van der Waals surface area contributed by atoms with E-state index in [0.717, 1.165) is 13.8 Å². The zero-order valence-electron chi connectivity index (χ0n) is 15.9. The first-order valence-corrected chi connectivity index (χ1v) is 7.85. The Bertz CT molecular complexity index is 494. The van der Waals surface area contributed by atoms with Gasteiger partial charge in [0, 0.05) is 41.0 Å². The van der Waals surface area contributed by atoms with Crippen molar-refractivity contribution in [2.24, 2.45) is 0 Å². The average Bonchev–Trinajstić information content (AvgIpc) is 2.45. The third-order valence-corrected chi connectivity index (χ3v) is 2.54. The molecule has 0 spiro atoms. The maximum absolute atomic E-state index is 11.1. The van der Waals surface area contributed by atoms with Gasteiger partial charge in [0.2, 0.25) is 0 Å². The summed E-state index contributed by atoms with van der Waals surface area (Å²) in [4.78, 5) is 50.9. The summed E-state index contributed by atoms with van der Waals surface area (Å²) in [5, 5.41) is 14.8. The molecule has 0 saturated carbocycles. The van der Waals surface area contributed by atoms with Crippen LogP contribution in [0.2, 0.25) is 0 Å². The summed E-state index contributed by atoms with van der Waals surface area (Å²) in [5.74, 6) is -3.10. The zero-order valence-corrected chi connectivity index (χ0v) is 15.9. The van der Waals surface area contributed by atoms with E-state index in [1.165, 1.54) is 20.8 Å². The number of hydrogen-bond acceptors (Lipinski definition) is 9. The summed E-state index contributed by atoms with van der Waals surface area (Å²) in [6.45, 7) is 6.25. The molecule has 156 valence electrons. The Morgan fingerprint density at radius 1 is 0.852 bits per heavy atom. The van der Waals surface area contributed by atoms with Crippen LogP contribution in [0.5, 0.6) is 0 Å². The minimum absolute atomic E-state index is 0.0506. The number of esters is 3. The first kappa shape index (κ1) is 26.5. The van der Waals surface area contributed by atoms with Crippen molar-refractivity contribution < 1.29 is 53.1 Å². The van der Waals surface area contributed by atoms with Crippen molar-refractivity contribution in [1.29, 1.82) is 0 Å². The predicted molar refractivity (Wildman–Crippen MR) is 88.7 cm³/mol. The highest BCUT2D eigenvalue weighted by molar-refractivity contribution is 5.67. The van der Waals surface area contributed by atoms with Gasteiger partial charge in [-0.1, -0.05) is 0 Å². The predicted octanol–water partition coefficient (Wildman–Crippen LogP) is 0.384. The van der Waals surface area contributed by atoms with Gasteiger partial charge in [-0.3, -0.25) is 24.0 Å². The Balaban J connectivity index is 0. The number of rotatable bonds is 4. The third kappa shape index (κ3) is 17.9. The van der Waals surface area contributed by atoms with Crippen molar-refractivity contribution in [2.75, 3.05) is 13.2 Å². The first-order valence-electron chi connectivity index (χ1n) is 7.85. The monoisotopic (exact) mass is 394 g/mol. The van der Waals surface area contributed by atoms with Crippen LogP contribution >= 0.6 is 0 Å². The van der Waals surface area contributed by atoms with Gasteiger partial charge in [0.05, 0.1) is 6.61 Å². The van der Waals surface area contributed by atoms with E-state index < -0.39 is 48.2 Å². The molecule has 3 atom stereocenters. The maximum atomic E-state index is 11.1. The van der Waals surface area contributed by atoms with E-state index in [4.69, 9.17) is 38.7 Å². The number of carbonyl (C=O) groups excluding carboxylic acids is 3. The smallest absolute Gasteiger partial charge is 0.303 e. The number of ether oxygens (including phenoxy) is 4. The van der Waals surface area contributed by atoms with Gasteiger partial charge in [0.25, 0.3) is 11.9 Å². The molecule has 1 fully saturated rings. The van der Waals surface area contributed by atoms with Gasteiger partial charge in [0.1, 0.15) is 18.8 Å². The lowest BCUT2D eigenvalue weighted by Crippen LogP contribution is -2.50. The van der Waals surface area contributed by atoms with Gasteiger partial charge in [0.15, 0.2) is 6.10 Å². The van der Waals surface area contributed by atoms with Crippen LogP contribution in [-0.4, -0.2) is 71.6 Å². The van der Waals surface area contributed by atoms with Crippen LogP contribution in [0.4, 0.5) is 0 Å². The van der Waals surface area contributed by atoms with E-state index in [1.54, 1.807) is 0 Å². The molecule has 0 aromatic rings. The molecule has 0 unspecified atom stereocenters. The van der Waals surface area contributed by atoms with E-state index in [0.29, 0.717) is 13.0 Å². The van der Waals surface area contributed by atoms with E-state index in [-0.39, 0.29) is 6.61 Å². The fourth-order valence-electron chi connectivity index (χ4n) is 1.86. The molecule has 2 N–H and O–H groups in total. The SMILES string of the molecule is CC(=O)O.CC(=O)O.CC(=O)OC[C@@H]1OCC[C@H](OC(C)=O)[C@@H]1OC(C)=O. The number of hydrogen-bond donors (Lipinski definition) is 2. The van der Waals surface area contributed by atoms with E-state index in [2.05, 4.69) is 0 Å². The first-order chi connectivity index (χ1) is 12.4.